The van der Waals surface area contributed by atoms with Crippen LogP contribution in [0.3, 0.4) is 0 Å². The van der Waals surface area contributed by atoms with E-state index in [2.05, 4.69) is 5.32 Å². The number of halogens is 1. The molecule has 1 N–H and O–H groups in total. The van der Waals surface area contributed by atoms with Gasteiger partial charge in [0.25, 0.3) is 0 Å². The molecule has 5 rings (SSSR count). The largest absolute Gasteiger partial charge is 0.419 e. The zero-order valence-electron chi connectivity index (χ0n) is 14.6. The van der Waals surface area contributed by atoms with Gasteiger partial charge in [-0.15, -0.1) is 0 Å². The molecule has 0 saturated heterocycles. The van der Waals surface area contributed by atoms with Crippen LogP contribution in [0.15, 0.2) is 27.4 Å². The van der Waals surface area contributed by atoms with Crippen LogP contribution in [0.5, 0.6) is 0 Å². The summed E-state index contributed by atoms with van der Waals surface area (Å²) in [5.74, 6) is 2.86. The van der Waals surface area contributed by atoms with Gasteiger partial charge in [-0.25, -0.2) is 4.79 Å². The fourth-order valence-electron chi connectivity index (χ4n) is 5.98. The van der Waals surface area contributed by atoms with Gasteiger partial charge in [-0.3, -0.25) is 9.36 Å². The first kappa shape index (κ1) is 16.4. The maximum absolute atomic E-state index is 12.5. The molecule has 3 aliphatic carbocycles. The molecule has 1 amide bonds. The number of aryl methyl sites for hydroxylation is 1. The lowest BCUT2D eigenvalue weighted by Crippen LogP contribution is -2.42. The Morgan fingerprint density at radius 3 is 2.96 bits per heavy atom. The second kappa shape index (κ2) is 6.15. The van der Waals surface area contributed by atoms with Gasteiger partial charge < -0.3 is 9.73 Å². The van der Waals surface area contributed by atoms with Crippen molar-refractivity contribution in [3.05, 3.63) is 33.8 Å². The Balaban J connectivity index is 1.24. The second-order valence-corrected chi connectivity index (χ2v) is 8.65. The van der Waals surface area contributed by atoms with E-state index in [0.717, 1.165) is 24.2 Å². The summed E-state index contributed by atoms with van der Waals surface area (Å²) >= 11 is 5.94. The molecule has 5 nitrogen and oxygen atoms in total. The van der Waals surface area contributed by atoms with E-state index in [0.29, 0.717) is 41.0 Å². The van der Waals surface area contributed by atoms with E-state index in [-0.39, 0.29) is 5.91 Å². The molecule has 5 atom stereocenters. The van der Waals surface area contributed by atoms with Gasteiger partial charge in [-0.05, 0) is 61.5 Å². The fourth-order valence-corrected chi connectivity index (χ4v) is 6.14. The molecule has 5 unspecified atom stereocenters. The SMILES string of the molecule is O=C(CCn1c(=O)oc2cc(Cl)ccc21)NC1CC2CC1C1CCCC21. The number of nitrogens with zero attached hydrogens (tertiary/aromatic N) is 1. The molecule has 2 bridgehead atoms. The van der Waals surface area contributed by atoms with E-state index in [1.54, 1.807) is 18.2 Å². The highest BCUT2D eigenvalue weighted by Gasteiger charge is 2.53. The van der Waals surface area contributed by atoms with Gasteiger partial charge >= 0.3 is 5.76 Å². The Kier molecular flexibility index (Phi) is 3.89. The summed E-state index contributed by atoms with van der Waals surface area (Å²) in [4.78, 5) is 24.5. The number of carbonyl (C=O) groups excluding carboxylic acids is 1. The van der Waals surface area contributed by atoms with Crippen LogP contribution in [0, 0.1) is 23.7 Å². The van der Waals surface area contributed by atoms with Crippen LogP contribution in [0.25, 0.3) is 11.1 Å². The average Bonchev–Trinajstić information content (AvgIpc) is 3.32. The molecule has 1 heterocycles. The smallest absolute Gasteiger partial charge is 0.408 e. The van der Waals surface area contributed by atoms with Crippen LogP contribution >= 0.6 is 11.6 Å². The minimum absolute atomic E-state index is 0.0345. The van der Waals surface area contributed by atoms with Gasteiger partial charge in [-0.2, -0.15) is 0 Å². The minimum Gasteiger partial charge on any atom is -0.408 e. The van der Waals surface area contributed by atoms with Crippen molar-refractivity contribution in [3.63, 3.8) is 0 Å². The number of hydrogen-bond donors (Lipinski definition) is 1. The second-order valence-electron chi connectivity index (χ2n) is 8.21. The zero-order valence-corrected chi connectivity index (χ0v) is 15.4. The van der Waals surface area contributed by atoms with Gasteiger partial charge in [-0.1, -0.05) is 18.0 Å². The monoisotopic (exact) mass is 374 g/mol. The number of oxazole rings is 1. The van der Waals surface area contributed by atoms with Gasteiger partial charge in [0.1, 0.15) is 0 Å². The molecule has 0 aliphatic heterocycles. The Morgan fingerprint density at radius 2 is 2.08 bits per heavy atom. The first-order valence-corrected chi connectivity index (χ1v) is 10.1. The first-order chi connectivity index (χ1) is 12.6. The number of nitrogens with one attached hydrogen (secondary N) is 1. The normalized spacial score (nSPS) is 32.3. The lowest BCUT2D eigenvalue weighted by molar-refractivity contribution is -0.122. The van der Waals surface area contributed by atoms with Crippen molar-refractivity contribution in [1.82, 2.24) is 9.88 Å². The van der Waals surface area contributed by atoms with Crippen molar-refractivity contribution in [1.29, 1.82) is 0 Å². The topological polar surface area (TPSA) is 64.2 Å². The quantitative estimate of drug-likeness (QED) is 0.889. The number of carbonyl (C=O) groups is 1. The first-order valence-electron chi connectivity index (χ1n) is 9.68. The standard InChI is InChI=1S/C20H23ClN2O3/c21-12-4-5-17-18(10-12)26-20(25)23(17)7-6-19(24)22-16-9-11-8-15(16)14-3-1-2-13(11)14/h4-5,10-11,13-16H,1-3,6-9H2,(H,22,24). The number of amides is 1. The molecule has 0 radical (unpaired) electrons. The minimum atomic E-state index is -0.441. The highest BCUT2D eigenvalue weighted by Crippen LogP contribution is 2.58. The Labute approximate surface area is 156 Å². The molecular formula is C20H23ClN2O3. The van der Waals surface area contributed by atoms with Crippen molar-refractivity contribution in [2.75, 3.05) is 0 Å². The molecule has 26 heavy (non-hydrogen) atoms. The number of rotatable bonds is 4. The van der Waals surface area contributed by atoms with Crippen molar-refractivity contribution >= 4 is 28.6 Å². The van der Waals surface area contributed by atoms with E-state index in [1.165, 1.54) is 30.3 Å². The molecule has 3 saturated carbocycles. The maximum Gasteiger partial charge on any atom is 0.419 e. The highest BCUT2D eigenvalue weighted by atomic mass is 35.5. The predicted molar refractivity (Wildman–Crippen MR) is 99.1 cm³/mol. The summed E-state index contributed by atoms with van der Waals surface area (Å²) in [5.41, 5.74) is 1.14. The molecule has 6 heteroatoms. The van der Waals surface area contributed by atoms with E-state index in [4.69, 9.17) is 16.0 Å². The van der Waals surface area contributed by atoms with Gasteiger partial charge in [0.05, 0.1) is 5.52 Å². The molecular weight excluding hydrogens is 352 g/mol. The molecule has 0 spiro atoms. The number of fused-ring (bicyclic) bond motifs is 6. The summed E-state index contributed by atoms with van der Waals surface area (Å²) in [6, 6.07) is 5.45. The molecule has 1 aromatic carbocycles. The van der Waals surface area contributed by atoms with Crippen molar-refractivity contribution in [2.45, 2.75) is 51.1 Å². The number of aromatic nitrogens is 1. The van der Waals surface area contributed by atoms with E-state index in [9.17, 15) is 9.59 Å². The number of benzene rings is 1. The Morgan fingerprint density at radius 1 is 1.23 bits per heavy atom. The summed E-state index contributed by atoms with van der Waals surface area (Å²) in [7, 11) is 0. The van der Waals surface area contributed by atoms with E-state index in [1.807, 2.05) is 0 Å². The Hall–Kier alpha value is -1.75. The van der Waals surface area contributed by atoms with Gasteiger partial charge in [0.2, 0.25) is 5.91 Å². The van der Waals surface area contributed by atoms with Gasteiger partial charge in [0.15, 0.2) is 5.58 Å². The lowest BCUT2D eigenvalue weighted by Gasteiger charge is -2.32. The highest BCUT2D eigenvalue weighted by molar-refractivity contribution is 6.31. The Bertz CT molecular complexity index is 917. The zero-order chi connectivity index (χ0) is 17.8. The predicted octanol–water partition coefficient (Wildman–Crippen LogP) is 3.58. The van der Waals surface area contributed by atoms with Crippen molar-refractivity contribution in [2.24, 2.45) is 23.7 Å². The van der Waals surface area contributed by atoms with Crippen LogP contribution in [0.1, 0.15) is 38.5 Å². The molecule has 1 aromatic heterocycles. The average molecular weight is 375 g/mol. The van der Waals surface area contributed by atoms with Crippen LogP contribution in [-0.4, -0.2) is 16.5 Å². The third-order valence-corrected chi connectivity index (χ3v) is 7.20. The van der Waals surface area contributed by atoms with Crippen LogP contribution in [-0.2, 0) is 11.3 Å². The summed E-state index contributed by atoms with van der Waals surface area (Å²) in [5, 5.41) is 3.78. The lowest BCUT2D eigenvalue weighted by atomic mass is 9.79. The van der Waals surface area contributed by atoms with Crippen LogP contribution < -0.4 is 11.1 Å². The number of hydrogen-bond acceptors (Lipinski definition) is 3. The molecule has 2 aromatic rings. The third-order valence-electron chi connectivity index (χ3n) is 6.97. The third kappa shape index (κ3) is 2.59. The van der Waals surface area contributed by atoms with Crippen LogP contribution in [0.4, 0.5) is 0 Å². The fraction of sp³-hybridized carbons (Fsp3) is 0.600. The van der Waals surface area contributed by atoms with Crippen LogP contribution in [0.2, 0.25) is 5.02 Å². The van der Waals surface area contributed by atoms with Crippen molar-refractivity contribution < 1.29 is 9.21 Å². The van der Waals surface area contributed by atoms with E-state index < -0.39 is 5.76 Å². The summed E-state index contributed by atoms with van der Waals surface area (Å²) < 4.78 is 6.74. The van der Waals surface area contributed by atoms with Crippen molar-refractivity contribution in [3.8, 4) is 0 Å². The molecule has 138 valence electrons. The summed E-state index contributed by atoms with van der Waals surface area (Å²) in [6.45, 7) is 0.326. The van der Waals surface area contributed by atoms with Gasteiger partial charge in [0, 0.05) is 30.1 Å². The molecule has 3 aliphatic rings. The van der Waals surface area contributed by atoms with E-state index >= 15 is 0 Å². The summed E-state index contributed by atoms with van der Waals surface area (Å²) in [6.07, 6.45) is 6.84. The maximum atomic E-state index is 12.5. The molecule has 3 fully saturated rings.